The van der Waals surface area contributed by atoms with Gasteiger partial charge in [-0.05, 0) is 24.7 Å². The monoisotopic (exact) mass is 228 g/mol. The zero-order chi connectivity index (χ0) is 12.8. The van der Waals surface area contributed by atoms with Crippen LogP contribution in [0.1, 0.15) is 48.0 Å². The third-order valence-electron chi connectivity index (χ3n) is 3.23. The molecule has 0 aromatic carbocycles. The molecular weight excluding hydrogens is 200 g/mol. The zero-order valence-electron chi connectivity index (χ0n) is 11.7. The van der Waals surface area contributed by atoms with Crippen LogP contribution in [-0.4, -0.2) is 25.0 Å². The van der Waals surface area contributed by atoms with Gasteiger partial charge in [-0.3, -0.25) is 4.79 Å². The van der Waals surface area contributed by atoms with E-state index in [0.29, 0.717) is 12.5 Å². The van der Waals surface area contributed by atoms with Gasteiger partial charge in [0.15, 0.2) is 0 Å². The molecule has 2 N–H and O–H groups in total. The molecule has 0 fully saturated rings. The highest BCUT2D eigenvalue weighted by atomic mass is 16.1. The van der Waals surface area contributed by atoms with Gasteiger partial charge in [0.05, 0.1) is 6.54 Å². The van der Waals surface area contributed by atoms with E-state index in [-0.39, 0.29) is 17.4 Å². The van der Waals surface area contributed by atoms with Gasteiger partial charge in [0.25, 0.3) is 0 Å². The van der Waals surface area contributed by atoms with Gasteiger partial charge in [-0.15, -0.1) is 0 Å². The van der Waals surface area contributed by atoms with E-state index < -0.39 is 0 Å². The van der Waals surface area contributed by atoms with E-state index in [1.165, 1.54) is 0 Å². The third-order valence-corrected chi connectivity index (χ3v) is 3.23. The van der Waals surface area contributed by atoms with Crippen LogP contribution in [0.4, 0.5) is 0 Å². The summed E-state index contributed by atoms with van der Waals surface area (Å²) in [7, 11) is 0. The van der Waals surface area contributed by atoms with Crippen LogP contribution in [0.3, 0.4) is 0 Å². The molecule has 1 atom stereocenters. The highest BCUT2D eigenvalue weighted by Gasteiger charge is 2.15. The minimum Gasteiger partial charge on any atom is -0.352 e. The average molecular weight is 228 g/mol. The molecule has 0 radical (unpaired) electrons. The summed E-state index contributed by atoms with van der Waals surface area (Å²) in [6, 6.07) is 0.244. The first kappa shape index (κ1) is 15.4. The van der Waals surface area contributed by atoms with Crippen molar-refractivity contribution in [2.75, 3.05) is 13.1 Å². The molecule has 0 aromatic heterocycles. The molecule has 3 heteroatoms. The molecule has 0 saturated carbocycles. The number of amides is 1. The fraction of sp³-hybridized carbons (Fsp3) is 0.923. The number of carbonyl (C=O) groups excluding carboxylic acids is 1. The molecule has 0 bridgehead atoms. The zero-order valence-corrected chi connectivity index (χ0v) is 11.7. The number of carbonyl (C=O) groups is 1. The van der Waals surface area contributed by atoms with Gasteiger partial charge in [0.2, 0.25) is 5.91 Å². The minimum absolute atomic E-state index is 0.0908. The number of hydrogen-bond donors (Lipinski definition) is 2. The summed E-state index contributed by atoms with van der Waals surface area (Å²) in [5.41, 5.74) is 0.268. The molecule has 0 aromatic rings. The van der Waals surface area contributed by atoms with E-state index in [2.05, 4.69) is 45.3 Å². The standard InChI is InChI=1S/C13H28N2O/c1-7-13(5,6)9-14-8-12(16)15-11(4)10(2)3/h10-11,14H,7-9H2,1-6H3,(H,15,16). The average Bonchev–Trinajstić information content (AvgIpc) is 2.17. The van der Waals surface area contributed by atoms with Crippen LogP contribution in [0, 0.1) is 11.3 Å². The first-order chi connectivity index (χ1) is 7.28. The van der Waals surface area contributed by atoms with E-state index in [4.69, 9.17) is 0 Å². The van der Waals surface area contributed by atoms with E-state index in [1.54, 1.807) is 0 Å². The van der Waals surface area contributed by atoms with Crippen molar-refractivity contribution in [1.82, 2.24) is 10.6 Å². The van der Waals surface area contributed by atoms with Crippen molar-refractivity contribution in [2.24, 2.45) is 11.3 Å². The fourth-order valence-electron chi connectivity index (χ4n) is 1.11. The highest BCUT2D eigenvalue weighted by Crippen LogP contribution is 2.17. The van der Waals surface area contributed by atoms with Gasteiger partial charge in [0.1, 0.15) is 0 Å². The van der Waals surface area contributed by atoms with Crippen molar-refractivity contribution in [3.8, 4) is 0 Å². The summed E-state index contributed by atoms with van der Waals surface area (Å²) in [5, 5.41) is 6.19. The molecule has 96 valence electrons. The van der Waals surface area contributed by atoms with Gasteiger partial charge >= 0.3 is 0 Å². The summed E-state index contributed by atoms with van der Waals surface area (Å²) in [5.74, 6) is 0.573. The van der Waals surface area contributed by atoms with Crippen LogP contribution in [-0.2, 0) is 4.79 Å². The van der Waals surface area contributed by atoms with E-state index >= 15 is 0 Å². The quantitative estimate of drug-likeness (QED) is 0.701. The Kier molecular flexibility index (Phi) is 6.65. The van der Waals surface area contributed by atoms with E-state index in [9.17, 15) is 4.79 Å². The smallest absolute Gasteiger partial charge is 0.234 e. The lowest BCUT2D eigenvalue weighted by molar-refractivity contribution is -0.121. The van der Waals surface area contributed by atoms with Crippen LogP contribution in [0.25, 0.3) is 0 Å². The van der Waals surface area contributed by atoms with Crippen LogP contribution < -0.4 is 10.6 Å². The van der Waals surface area contributed by atoms with Gasteiger partial charge in [-0.2, -0.15) is 0 Å². The molecule has 16 heavy (non-hydrogen) atoms. The predicted molar refractivity (Wildman–Crippen MR) is 69.4 cm³/mol. The lowest BCUT2D eigenvalue weighted by Crippen LogP contribution is -2.43. The Morgan fingerprint density at radius 1 is 1.25 bits per heavy atom. The van der Waals surface area contributed by atoms with Crippen molar-refractivity contribution in [3.63, 3.8) is 0 Å². The topological polar surface area (TPSA) is 41.1 Å². The Balaban J connectivity index is 3.75. The number of hydrogen-bond acceptors (Lipinski definition) is 2. The van der Waals surface area contributed by atoms with Crippen molar-refractivity contribution in [1.29, 1.82) is 0 Å². The molecule has 1 unspecified atom stereocenters. The van der Waals surface area contributed by atoms with Crippen LogP contribution in [0.5, 0.6) is 0 Å². The molecule has 0 aliphatic rings. The second kappa shape index (κ2) is 6.89. The first-order valence-electron chi connectivity index (χ1n) is 6.28. The van der Waals surface area contributed by atoms with Crippen LogP contribution >= 0.6 is 0 Å². The Morgan fingerprint density at radius 2 is 1.81 bits per heavy atom. The van der Waals surface area contributed by atoms with Crippen molar-refractivity contribution >= 4 is 5.91 Å². The lowest BCUT2D eigenvalue weighted by atomic mass is 9.90. The molecule has 0 rings (SSSR count). The van der Waals surface area contributed by atoms with Gasteiger partial charge in [-0.25, -0.2) is 0 Å². The highest BCUT2D eigenvalue weighted by molar-refractivity contribution is 5.78. The van der Waals surface area contributed by atoms with Crippen LogP contribution in [0.15, 0.2) is 0 Å². The maximum Gasteiger partial charge on any atom is 0.234 e. The maximum atomic E-state index is 11.6. The molecule has 1 amide bonds. The van der Waals surface area contributed by atoms with Gasteiger partial charge in [-0.1, -0.05) is 34.6 Å². The summed E-state index contributed by atoms with van der Waals surface area (Å²) in [6.45, 7) is 14.1. The van der Waals surface area contributed by atoms with Crippen molar-refractivity contribution < 1.29 is 4.79 Å². The molecule has 0 saturated heterocycles. The van der Waals surface area contributed by atoms with Crippen molar-refractivity contribution in [2.45, 2.75) is 54.0 Å². The Hall–Kier alpha value is -0.570. The maximum absolute atomic E-state index is 11.6. The second-order valence-electron chi connectivity index (χ2n) is 5.72. The lowest BCUT2D eigenvalue weighted by Gasteiger charge is -2.23. The molecular formula is C13H28N2O. The molecule has 0 aliphatic heterocycles. The summed E-state index contributed by atoms with van der Waals surface area (Å²) in [4.78, 5) is 11.6. The summed E-state index contributed by atoms with van der Waals surface area (Å²) >= 11 is 0. The predicted octanol–water partition coefficient (Wildman–Crippen LogP) is 2.17. The van der Waals surface area contributed by atoms with E-state index in [1.807, 2.05) is 6.92 Å². The number of rotatable bonds is 7. The number of nitrogens with one attached hydrogen (secondary N) is 2. The largest absolute Gasteiger partial charge is 0.352 e. The minimum atomic E-state index is 0.0908. The third kappa shape index (κ3) is 6.83. The first-order valence-corrected chi connectivity index (χ1v) is 6.28. The normalized spacial score (nSPS) is 13.9. The van der Waals surface area contributed by atoms with Gasteiger partial charge in [0, 0.05) is 12.6 Å². The summed E-state index contributed by atoms with van der Waals surface area (Å²) in [6.07, 6.45) is 1.12. The fourth-order valence-corrected chi connectivity index (χ4v) is 1.11. The van der Waals surface area contributed by atoms with Crippen LogP contribution in [0.2, 0.25) is 0 Å². The molecule has 0 aliphatic carbocycles. The SMILES string of the molecule is CCC(C)(C)CNCC(=O)NC(C)C(C)C. The molecule has 3 nitrogen and oxygen atoms in total. The molecule has 0 spiro atoms. The van der Waals surface area contributed by atoms with E-state index in [0.717, 1.165) is 13.0 Å². The summed E-state index contributed by atoms with van der Waals surface area (Å²) < 4.78 is 0. The van der Waals surface area contributed by atoms with Gasteiger partial charge < -0.3 is 10.6 Å². The Bertz CT molecular complexity index is 212. The Morgan fingerprint density at radius 3 is 2.25 bits per heavy atom. The second-order valence-corrected chi connectivity index (χ2v) is 5.72. The Labute approximate surface area is 100 Å². The van der Waals surface area contributed by atoms with Crippen molar-refractivity contribution in [3.05, 3.63) is 0 Å². The molecule has 0 heterocycles.